The predicted molar refractivity (Wildman–Crippen MR) is 75.0 cm³/mol. The Balaban J connectivity index is 2.30. The van der Waals surface area contributed by atoms with E-state index in [0.717, 1.165) is 30.3 Å². The van der Waals surface area contributed by atoms with Gasteiger partial charge in [-0.2, -0.15) is 0 Å². The molecule has 0 saturated carbocycles. The van der Waals surface area contributed by atoms with E-state index in [-0.39, 0.29) is 5.69 Å². The third-order valence-electron chi connectivity index (χ3n) is 2.95. The molecule has 0 spiro atoms. The summed E-state index contributed by atoms with van der Waals surface area (Å²) in [5.74, 6) is -2.19. The first-order chi connectivity index (χ1) is 10.4. The highest BCUT2D eigenvalue weighted by Gasteiger charge is 2.20. The van der Waals surface area contributed by atoms with E-state index in [9.17, 15) is 23.7 Å². The first-order valence-corrected chi connectivity index (χ1v) is 6.13. The van der Waals surface area contributed by atoms with Gasteiger partial charge in [0.15, 0.2) is 5.82 Å². The summed E-state index contributed by atoms with van der Waals surface area (Å²) < 4.78 is 26.7. The van der Waals surface area contributed by atoms with Crippen LogP contribution in [0.25, 0.3) is 0 Å². The summed E-state index contributed by atoms with van der Waals surface area (Å²) in [6.07, 6.45) is 0. The molecule has 0 saturated heterocycles. The van der Waals surface area contributed by atoms with E-state index in [0.29, 0.717) is 5.56 Å². The van der Waals surface area contributed by atoms with Gasteiger partial charge in [-0.25, -0.2) is 8.78 Å². The fourth-order valence-electron chi connectivity index (χ4n) is 1.86. The number of nitrogens with one attached hydrogen (secondary N) is 1. The Bertz CT molecular complexity index is 720. The lowest BCUT2D eigenvalue weighted by Gasteiger charge is -2.17. The number of carbonyl (C=O) groups excluding carboxylic acids is 1. The van der Waals surface area contributed by atoms with Crippen molar-refractivity contribution < 1.29 is 18.5 Å². The van der Waals surface area contributed by atoms with Gasteiger partial charge >= 0.3 is 0 Å². The van der Waals surface area contributed by atoms with Crippen LogP contribution >= 0.6 is 0 Å². The van der Waals surface area contributed by atoms with Crippen LogP contribution in [0.2, 0.25) is 0 Å². The van der Waals surface area contributed by atoms with Crippen LogP contribution in [0.15, 0.2) is 42.5 Å². The number of nitrogens with zero attached hydrogens (tertiary/aromatic N) is 1. The van der Waals surface area contributed by atoms with Gasteiger partial charge in [0, 0.05) is 6.07 Å². The Morgan fingerprint density at radius 3 is 2.32 bits per heavy atom. The lowest BCUT2D eigenvalue weighted by molar-refractivity contribution is -0.385. The van der Waals surface area contributed by atoms with Crippen molar-refractivity contribution in [1.82, 2.24) is 0 Å². The van der Waals surface area contributed by atoms with Crippen LogP contribution in [-0.2, 0) is 4.79 Å². The van der Waals surface area contributed by atoms with Crippen molar-refractivity contribution in [2.75, 3.05) is 5.32 Å². The van der Waals surface area contributed by atoms with Gasteiger partial charge < -0.3 is 11.1 Å². The molecule has 0 aliphatic rings. The molecule has 2 rings (SSSR count). The minimum absolute atomic E-state index is 0.126. The van der Waals surface area contributed by atoms with E-state index in [4.69, 9.17) is 5.73 Å². The van der Waals surface area contributed by atoms with Gasteiger partial charge in [0.2, 0.25) is 5.91 Å². The number of non-ortho nitro benzene ring substituents is 1. The Hall–Kier alpha value is -3.03. The number of halogens is 2. The van der Waals surface area contributed by atoms with Crippen molar-refractivity contribution in [3.63, 3.8) is 0 Å². The van der Waals surface area contributed by atoms with Crippen LogP contribution in [0.4, 0.5) is 20.2 Å². The second-order valence-electron chi connectivity index (χ2n) is 4.45. The molecule has 0 fully saturated rings. The maximum absolute atomic E-state index is 13.8. The zero-order valence-electron chi connectivity index (χ0n) is 11.1. The van der Waals surface area contributed by atoms with Gasteiger partial charge in [0.05, 0.1) is 16.7 Å². The monoisotopic (exact) mass is 307 g/mol. The third-order valence-corrected chi connectivity index (χ3v) is 2.95. The molecule has 22 heavy (non-hydrogen) atoms. The number of benzene rings is 2. The SMILES string of the molecule is NC(=O)C(Nc1ccc([N+](=O)[O-])cc1F)c1ccc(F)cc1. The van der Waals surface area contributed by atoms with E-state index in [2.05, 4.69) is 5.32 Å². The van der Waals surface area contributed by atoms with E-state index >= 15 is 0 Å². The fraction of sp³-hybridized carbons (Fsp3) is 0.0714. The van der Waals surface area contributed by atoms with E-state index in [1.54, 1.807) is 0 Å². The summed E-state index contributed by atoms with van der Waals surface area (Å²) in [6.45, 7) is 0. The predicted octanol–water partition coefficient (Wildman–Crippen LogP) is 2.51. The number of anilines is 1. The van der Waals surface area contributed by atoms with Crippen LogP contribution in [0.3, 0.4) is 0 Å². The molecule has 0 heterocycles. The topological polar surface area (TPSA) is 98.3 Å². The number of nitro benzene ring substituents is 1. The molecule has 1 unspecified atom stereocenters. The second kappa shape index (κ2) is 6.17. The van der Waals surface area contributed by atoms with Gasteiger partial charge in [-0.15, -0.1) is 0 Å². The number of amides is 1. The van der Waals surface area contributed by atoms with Gasteiger partial charge in [-0.3, -0.25) is 14.9 Å². The number of nitrogens with two attached hydrogens (primary N) is 1. The van der Waals surface area contributed by atoms with Crippen molar-refractivity contribution >= 4 is 17.3 Å². The molecule has 0 radical (unpaired) electrons. The maximum Gasteiger partial charge on any atom is 0.272 e. The van der Waals surface area contributed by atoms with Crippen molar-refractivity contribution in [2.45, 2.75) is 6.04 Å². The average molecular weight is 307 g/mol. The molecule has 0 aliphatic carbocycles. The normalized spacial score (nSPS) is 11.7. The molecule has 0 bridgehead atoms. The highest BCUT2D eigenvalue weighted by atomic mass is 19.1. The summed E-state index contributed by atoms with van der Waals surface area (Å²) in [7, 11) is 0. The first-order valence-electron chi connectivity index (χ1n) is 6.13. The third kappa shape index (κ3) is 3.35. The number of carbonyl (C=O) groups is 1. The highest BCUT2D eigenvalue weighted by Crippen LogP contribution is 2.25. The quantitative estimate of drug-likeness (QED) is 0.655. The number of rotatable bonds is 5. The summed E-state index contributed by atoms with van der Waals surface area (Å²) in [5, 5.41) is 13.1. The smallest absolute Gasteiger partial charge is 0.272 e. The zero-order valence-corrected chi connectivity index (χ0v) is 11.1. The minimum atomic E-state index is -1.10. The van der Waals surface area contributed by atoms with Crippen molar-refractivity contribution in [3.05, 3.63) is 69.8 Å². The van der Waals surface area contributed by atoms with Crippen LogP contribution in [-0.4, -0.2) is 10.8 Å². The lowest BCUT2D eigenvalue weighted by Crippen LogP contribution is -2.28. The first kappa shape index (κ1) is 15.4. The maximum atomic E-state index is 13.8. The largest absolute Gasteiger partial charge is 0.368 e. The van der Waals surface area contributed by atoms with E-state index in [1.165, 1.54) is 12.1 Å². The summed E-state index contributed by atoms with van der Waals surface area (Å²) in [6, 6.07) is 6.79. The molecule has 114 valence electrons. The lowest BCUT2D eigenvalue weighted by atomic mass is 10.1. The summed E-state index contributed by atoms with van der Waals surface area (Å²) >= 11 is 0. The molecule has 0 aliphatic heterocycles. The Labute approximate surface area is 123 Å². The van der Waals surface area contributed by atoms with Gasteiger partial charge in [0.25, 0.3) is 5.69 Å². The Morgan fingerprint density at radius 1 is 1.18 bits per heavy atom. The van der Waals surface area contributed by atoms with Crippen LogP contribution < -0.4 is 11.1 Å². The molecule has 6 nitrogen and oxygen atoms in total. The van der Waals surface area contributed by atoms with Gasteiger partial charge in [-0.1, -0.05) is 12.1 Å². The Morgan fingerprint density at radius 2 is 1.82 bits per heavy atom. The zero-order chi connectivity index (χ0) is 16.3. The molecular formula is C14H11F2N3O3. The highest BCUT2D eigenvalue weighted by molar-refractivity contribution is 5.84. The van der Waals surface area contributed by atoms with Gasteiger partial charge in [0.1, 0.15) is 11.9 Å². The number of hydrogen-bond donors (Lipinski definition) is 2. The summed E-state index contributed by atoms with van der Waals surface area (Å²) in [5.41, 5.74) is 5.05. The molecule has 2 aromatic carbocycles. The molecular weight excluding hydrogens is 296 g/mol. The molecule has 1 atom stereocenters. The van der Waals surface area contributed by atoms with Crippen molar-refractivity contribution in [2.24, 2.45) is 5.73 Å². The fourth-order valence-corrected chi connectivity index (χ4v) is 1.86. The van der Waals surface area contributed by atoms with E-state index in [1.807, 2.05) is 0 Å². The number of nitro groups is 1. The number of primary amides is 1. The average Bonchev–Trinajstić information content (AvgIpc) is 2.46. The molecule has 1 amide bonds. The molecule has 0 aromatic heterocycles. The summed E-state index contributed by atoms with van der Waals surface area (Å²) in [4.78, 5) is 21.3. The van der Waals surface area contributed by atoms with Crippen LogP contribution in [0, 0.1) is 21.7 Å². The van der Waals surface area contributed by atoms with Gasteiger partial charge in [-0.05, 0) is 23.8 Å². The van der Waals surface area contributed by atoms with E-state index < -0.39 is 34.2 Å². The molecule has 2 aromatic rings. The Kier molecular flexibility index (Phi) is 4.31. The minimum Gasteiger partial charge on any atom is -0.368 e. The van der Waals surface area contributed by atoms with Crippen molar-refractivity contribution in [1.29, 1.82) is 0 Å². The van der Waals surface area contributed by atoms with Crippen LogP contribution in [0.1, 0.15) is 11.6 Å². The van der Waals surface area contributed by atoms with Crippen molar-refractivity contribution in [3.8, 4) is 0 Å². The number of hydrogen-bond acceptors (Lipinski definition) is 4. The standard InChI is InChI=1S/C14H11F2N3O3/c15-9-3-1-8(2-4-9)13(14(17)20)18-12-6-5-10(19(21)22)7-11(12)16/h1-7,13,18H,(H2,17,20). The second-order valence-corrected chi connectivity index (χ2v) is 4.45. The molecule has 3 N–H and O–H groups in total. The van der Waals surface area contributed by atoms with Crippen LogP contribution in [0.5, 0.6) is 0 Å². The molecule has 8 heteroatoms.